The molecule has 2 aromatic carbocycles. The van der Waals surface area contributed by atoms with Crippen molar-refractivity contribution in [2.45, 2.75) is 6.92 Å². The predicted octanol–water partition coefficient (Wildman–Crippen LogP) is 3.86. The lowest BCUT2D eigenvalue weighted by Crippen LogP contribution is -2.02. The van der Waals surface area contributed by atoms with Crippen molar-refractivity contribution in [1.82, 2.24) is 9.97 Å². The van der Waals surface area contributed by atoms with Crippen molar-refractivity contribution in [3.05, 3.63) is 59.9 Å². The van der Waals surface area contributed by atoms with Crippen LogP contribution < -0.4 is 14.8 Å². The summed E-state index contributed by atoms with van der Waals surface area (Å²) in [5, 5.41) is 21.3. The number of aromatic nitrogens is 2. The maximum atomic E-state index is 11.1. The van der Waals surface area contributed by atoms with Crippen LogP contribution in [-0.2, 0) is 0 Å². The molecule has 0 aliphatic rings. The Balaban J connectivity index is 1.83. The van der Waals surface area contributed by atoms with Crippen LogP contribution in [0.4, 0.5) is 11.6 Å². The number of ether oxygens (including phenoxy) is 2. The average molecular weight is 390 g/mol. The van der Waals surface area contributed by atoms with Gasteiger partial charge in [-0.3, -0.25) is 0 Å². The number of carboxylic acid groups (broad SMARTS) is 1. The smallest absolute Gasteiger partial charge is 0.335 e. The van der Waals surface area contributed by atoms with Crippen LogP contribution in [0.5, 0.6) is 11.5 Å². The highest BCUT2D eigenvalue weighted by Gasteiger charge is 2.11. The first-order chi connectivity index (χ1) is 14.0. The van der Waals surface area contributed by atoms with Gasteiger partial charge in [-0.15, -0.1) is 0 Å². The summed E-state index contributed by atoms with van der Waals surface area (Å²) in [5.74, 6) is 0.169. The Morgan fingerprint density at radius 2 is 1.90 bits per heavy atom. The number of nitrogens with zero attached hydrogens (tertiary/aromatic N) is 3. The predicted molar refractivity (Wildman–Crippen MR) is 107 cm³/mol. The molecule has 0 aliphatic heterocycles. The molecule has 3 aromatic rings. The molecule has 8 heteroatoms. The van der Waals surface area contributed by atoms with Gasteiger partial charge < -0.3 is 19.9 Å². The van der Waals surface area contributed by atoms with E-state index >= 15 is 0 Å². The van der Waals surface area contributed by atoms with Gasteiger partial charge in [0.25, 0.3) is 0 Å². The molecule has 3 rings (SSSR count). The molecule has 0 atom stereocenters. The molecule has 0 radical (unpaired) electrons. The first-order valence-electron chi connectivity index (χ1n) is 8.73. The molecule has 0 unspecified atom stereocenters. The highest BCUT2D eigenvalue weighted by molar-refractivity contribution is 5.89. The van der Waals surface area contributed by atoms with E-state index in [-0.39, 0.29) is 5.56 Å². The van der Waals surface area contributed by atoms with Crippen molar-refractivity contribution in [2.24, 2.45) is 0 Å². The second-order valence-electron chi connectivity index (χ2n) is 5.90. The highest BCUT2D eigenvalue weighted by atomic mass is 16.5. The molecule has 2 N–H and O–H groups in total. The Hall–Kier alpha value is -4.12. The SMILES string of the molecule is CCOc1cc(-c2cnc(Nc3ccc(C(=O)O)cc3OC)nc2)ccc1C#N. The van der Waals surface area contributed by atoms with Gasteiger partial charge in [0.2, 0.25) is 5.95 Å². The van der Waals surface area contributed by atoms with Crippen molar-refractivity contribution in [3.8, 4) is 28.7 Å². The Bertz CT molecular complexity index is 1080. The number of carboxylic acids is 1. The summed E-state index contributed by atoms with van der Waals surface area (Å²) in [5.41, 5.74) is 2.71. The van der Waals surface area contributed by atoms with Crippen LogP contribution in [0.25, 0.3) is 11.1 Å². The number of rotatable bonds is 7. The third-order valence-electron chi connectivity index (χ3n) is 4.08. The quantitative estimate of drug-likeness (QED) is 0.624. The summed E-state index contributed by atoms with van der Waals surface area (Å²) in [6.45, 7) is 2.31. The fraction of sp³-hybridized carbons (Fsp3) is 0.143. The van der Waals surface area contributed by atoms with E-state index in [2.05, 4.69) is 21.4 Å². The molecule has 8 nitrogen and oxygen atoms in total. The average Bonchev–Trinajstić information content (AvgIpc) is 2.74. The fourth-order valence-electron chi connectivity index (χ4n) is 2.66. The van der Waals surface area contributed by atoms with E-state index in [1.807, 2.05) is 6.92 Å². The van der Waals surface area contributed by atoms with Gasteiger partial charge >= 0.3 is 5.97 Å². The third-order valence-corrected chi connectivity index (χ3v) is 4.08. The van der Waals surface area contributed by atoms with E-state index in [0.717, 1.165) is 11.1 Å². The summed E-state index contributed by atoms with van der Waals surface area (Å²) >= 11 is 0. The summed E-state index contributed by atoms with van der Waals surface area (Å²) in [7, 11) is 1.46. The van der Waals surface area contributed by atoms with Gasteiger partial charge in [-0.1, -0.05) is 6.07 Å². The first-order valence-corrected chi connectivity index (χ1v) is 8.73. The molecule has 0 bridgehead atoms. The van der Waals surface area contributed by atoms with E-state index in [9.17, 15) is 4.79 Å². The minimum atomic E-state index is -1.04. The second-order valence-corrected chi connectivity index (χ2v) is 5.90. The number of hydrogen-bond donors (Lipinski definition) is 2. The molecule has 0 saturated heterocycles. The molecule has 146 valence electrons. The van der Waals surface area contributed by atoms with Gasteiger partial charge in [-0.25, -0.2) is 14.8 Å². The van der Waals surface area contributed by atoms with Crippen LogP contribution in [0.2, 0.25) is 0 Å². The van der Waals surface area contributed by atoms with Crippen molar-refractivity contribution < 1.29 is 19.4 Å². The monoisotopic (exact) mass is 390 g/mol. The van der Waals surface area contributed by atoms with E-state index in [1.165, 1.54) is 19.2 Å². The standard InChI is InChI=1S/C21H18N4O4/c1-3-29-18-8-13(4-5-15(18)10-22)16-11-23-21(24-12-16)25-17-7-6-14(20(26)27)9-19(17)28-2/h4-9,11-12H,3H2,1-2H3,(H,26,27)(H,23,24,25). The molecular weight excluding hydrogens is 372 g/mol. The maximum absolute atomic E-state index is 11.1. The van der Waals surface area contributed by atoms with Crippen molar-refractivity contribution in [3.63, 3.8) is 0 Å². The van der Waals surface area contributed by atoms with E-state index in [4.69, 9.17) is 19.8 Å². The van der Waals surface area contributed by atoms with Crippen LogP contribution in [0.1, 0.15) is 22.8 Å². The summed E-state index contributed by atoms with van der Waals surface area (Å²) in [6.07, 6.45) is 3.29. The molecule has 0 aliphatic carbocycles. The fourth-order valence-corrected chi connectivity index (χ4v) is 2.66. The molecule has 0 spiro atoms. The Morgan fingerprint density at radius 1 is 1.14 bits per heavy atom. The second kappa shape index (κ2) is 8.71. The molecule has 29 heavy (non-hydrogen) atoms. The third kappa shape index (κ3) is 4.42. The minimum absolute atomic E-state index is 0.120. The summed E-state index contributed by atoms with van der Waals surface area (Å²) in [4.78, 5) is 19.7. The van der Waals surface area contributed by atoms with Crippen molar-refractivity contribution >= 4 is 17.6 Å². The lowest BCUT2D eigenvalue weighted by Gasteiger charge is -2.11. The molecule has 0 fully saturated rings. The van der Waals surface area contributed by atoms with Crippen molar-refractivity contribution in [1.29, 1.82) is 5.26 Å². The Kier molecular flexibility index (Phi) is 5.90. The number of benzene rings is 2. The Labute approximate surface area is 167 Å². The van der Waals surface area contributed by atoms with E-state index in [1.54, 1.807) is 36.7 Å². The molecule has 0 amide bonds. The van der Waals surface area contributed by atoms with Crippen LogP contribution >= 0.6 is 0 Å². The van der Waals surface area contributed by atoms with Gasteiger partial charge in [-0.05, 0) is 42.8 Å². The first kappa shape index (κ1) is 19.6. The molecule has 1 aromatic heterocycles. The van der Waals surface area contributed by atoms with Gasteiger partial charge in [0.15, 0.2) is 0 Å². The lowest BCUT2D eigenvalue weighted by atomic mass is 10.1. The zero-order chi connectivity index (χ0) is 20.8. The number of anilines is 2. The van der Waals surface area contributed by atoms with Gasteiger partial charge in [0, 0.05) is 18.0 Å². The largest absolute Gasteiger partial charge is 0.495 e. The normalized spacial score (nSPS) is 10.1. The van der Waals surface area contributed by atoms with Crippen LogP contribution in [-0.4, -0.2) is 34.8 Å². The lowest BCUT2D eigenvalue weighted by molar-refractivity contribution is 0.0696. The van der Waals surface area contributed by atoms with Gasteiger partial charge in [-0.2, -0.15) is 5.26 Å². The zero-order valence-corrected chi connectivity index (χ0v) is 15.8. The van der Waals surface area contributed by atoms with Crippen LogP contribution in [0, 0.1) is 11.3 Å². The number of carbonyl (C=O) groups is 1. The van der Waals surface area contributed by atoms with E-state index < -0.39 is 5.97 Å². The molecular formula is C21H18N4O4. The minimum Gasteiger partial charge on any atom is -0.495 e. The van der Waals surface area contributed by atoms with E-state index in [0.29, 0.717) is 35.3 Å². The number of nitrogens with one attached hydrogen (secondary N) is 1. The highest BCUT2D eigenvalue weighted by Crippen LogP contribution is 2.29. The Morgan fingerprint density at radius 3 is 2.52 bits per heavy atom. The topological polar surface area (TPSA) is 117 Å². The van der Waals surface area contributed by atoms with Crippen LogP contribution in [0.15, 0.2) is 48.8 Å². The van der Waals surface area contributed by atoms with Gasteiger partial charge in [0.1, 0.15) is 17.6 Å². The number of methoxy groups -OCH3 is 1. The van der Waals surface area contributed by atoms with Crippen molar-refractivity contribution in [2.75, 3.05) is 19.0 Å². The maximum Gasteiger partial charge on any atom is 0.335 e. The summed E-state index contributed by atoms with van der Waals surface area (Å²) in [6, 6.07) is 11.9. The molecule has 1 heterocycles. The zero-order valence-electron chi connectivity index (χ0n) is 15.8. The number of nitriles is 1. The molecule has 0 saturated carbocycles. The van der Waals surface area contributed by atoms with Crippen LogP contribution in [0.3, 0.4) is 0 Å². The van der Waals surface area contributed by atoms with Gasteiger partial charge in [0.05, 0.1) is 30.5 Å². The summed E-state index contributed by atoms with van der Waals surface area (Å²) < 4.78 is 10.8. The number of hydrogen-bond acceptors (Lipinski definition) is 7. The number of aromatic carboxylic acids is 1.